The second-order valence-electron chi connectivity index (χ2n) is 5.50. The number of hydrogen-bond donors (Lipinski definition) is 1. The smallest absolute Gasteiger partial charge is 0.123 e. The van der Waals surface area contributed by atoms with Gasteiger partial charge in [-0.1, -0.05) is 12.1 Å². The summed E-state index contributed by atoms with van der Waals surface area (Å²) in [6.45, 7) is 2.85. The minimum absolute atomic E-state index is 0.00229. The van der Waals surface area contributed by atoms with Crippen LogP contribution in [-0.2, 0) is 13.5 Å². The summed E-state index contributed by atoms with van der Waals surface area (Å²) in [5.74, 6) is -0.223. The SMILES string of the molecule is Cc1ncsc1CCNC(c1ccc(F)cc1)c1cnn(C)c1. The number of aryl methyl sites for hydroxylation is 2. The maximum absolute atomic E-state index is 13.2. The van der Waals surface area contributed by atoms with E-state index in [-0.39, 0.29) is 11.9 Å². The van der Waals surface area contributed by atoms with Crippen LogP contribution in [0.2, 0.25) is 0 Å². The molecule has 1 N–H and O–H groups in total. The van der Waals surface area contributed by atoms with Gasteiger partial charge in [0.05, 0.1) is 23.4 Å². The highest BCUT2D eigenvalue weighted by atomic mass is 32.1. The van der Waals surface area contributed by atoms with Gasteiger partial charge in [0.2, 0.25) is 0 Å². The highest BCUT2D eigenvalue weighted by molar-refractivity contribution is 7.09. The third kappa shape index (κ3) is 3.83. The van der Waals surface area contributed by atoms with Gasteiger partial charge in [0.25, 0.3) is 0 Å². The van der Waals surface area contributed by atoms with E-state index in [4.69, 9.17) is 0 Å². The number of nitrogens with one attached hydrogen (secondary N) is 1. The fraction of sp³-hybridized carbons (Fsp3) is 0.294. The lowest BCUT2D eigenvalue weighted by molar-refractivity contribution is 0.599. The zero-order valence-electron chi connectivity index (χ0n) is 13.2. The van der Waals surface area contributed by atoms with Crippen molar-refractivity contribution in [2.45, 2.75) is 19.4 Å². The molecular formula is C17H19FN4S. The normalized spacial score (nSPS) is 12.5. The molecule has 0 saturated carbocycles. The van der Waals surface area contributed by atoms with Gasteiger partial charge in [0, 0.05) is 30.2 Å². The molecule has 2 aromatic heterocycles. The number of rotatable bonds is 6. The molecule has 0 aliphatic carbocycles. The molecule has 1 atom stereocenters. The Morgan fingerprint density at radius 2 is 2.04 bits per heavy atom. The van der Waals surface area contributed by atoms with Crippen LogP contribution in [0, 0.1) is 12.7 Å². The molecule has 0 fully saturated rings. The van der Waals surface area contributed by atoms with E-state index in [1.54, 1.807) is 16.0 Å². The van der Waals surface area contributed by atoms with Gasteiger partial charge in [-0.05, 0) is 31.0 Å². The molecule has 1 unspecified atom stereocenters. The van der Waals surface area contributed by atoms with Crippen LogP contribution >= 0.6 is 11.3 Å². The number of nitrogens with zero attached hydrogens (tertiary/aromatic N) is 3. The lowest BCUT2D eigenvalue weighted by atomic mass is 10.0. The summed E-state index contributed by atoms with van der Waals surface area (Å²) in [5, 5.41) is 7.80. The Morgan fingerprint density at radius 1 is 1.26 bits per heavy atom. The van der Waals surface area contributed by atoms with Crippen molar-refractivity contribution < 1.29 is 4.39 Å². The van der Waals surface area contributed by atoms with Crippen LogP contribution in [-0.4, -0.2) is 21.3 Å². The van der Waals surface area contributed by atoms with Gasteiger partial charge < -0.3 is 5.32 Å². The monoisotopic (exact) mass is 330 g/mol. The fourth-order valence-corrected chi connectivity index (χ4v) is 3.35. The minimum Gasteiger partial charge on any atom is -0.306 e. The molecule has 2 heterocycles. The number of aromatic nitrogens is 3. The zero-order valence-corrected chi connectivity index (χ0v) is 14.0. The van der Waals surface area contributed by atoms with Crippen LogP contribution in [0.4, 0.5) is 4.39 Å². The van der Waals surface area contributed by atoms with Crippen molar-refractivity contribution in [2.24, 2.45) is 7.05 Å². The van der Waals surface area contributed by atoms with Crippen LogP contribution in [0.1, 0.15) is 27.7 Å². The van der Waals surface area contributed by atoms with Gasteiger partial charge in [-0.15, -0.1) is 11.3 Å². The quantitative estimate of drug-likeness (QED) is 0.754. The Kier molecular flexibility index (Phi) is 4.83. The average Bonchev–Trinajstić information content (AvgIpc) is 3.14. The van der Waals surface area contributed by atoms with E-state index in [1.165, 1.54) is 17.0 Å². The molecule has 0 aliphatic heterocycles. The summed E-state index contributed by atoms with van der Waals surface area (Å²) in [7, 11) is 1.89. The molecule has 0 saturated heterocycles. The molecule has 1 aromatic carbocycles. The summed E-state index contributed by atoms with van der Waals surface area (Å²) in [4.78, 5) is 5.57. The summed E-state index contributed by atoms with van der Waals surface area (Å²) in [6, 6.07) is 6.62. The van der Waals surface area contributed by atoms with Crippen molar-refractivity contribution in [2.75, 3.05) is 6.54 Å². The van der Waals surface area contributed by atoms with Crippen molar-refractivity contribution in [3.8, 4) is 0 Å². The van der Waals surface area contributed by atoms with Gasteiger partial charge >= 0.3 is 0 Å². The van der Waals surface area contributed by atoms with Gasteiger partial charge in [0.1, 0.15) is 5.82 Å². The highest BCUT2D eigenvalue weighted by Crippen LogP contribution is 2.22. The van der Waals surface area contributed by atoms with Crippen LogP contribution < -0.4 is 5.32 Å². The van der Waals surface area contributed by atoms with E-state index >= 15 is 0 Å². The number of benzene rings is 1. The molecular weight excluding hydrogens is 311 g/mol. The molecule has 0 amide bonds. The van der Waals surface area contributed by atoms with Gasteiger partial charge in [0.15, 0.2) is 0 Å². The second-order valence-corrected chi connectivity index (χ2v) is 6.44. The molecule has 3 aromatic rings. The van der Waals surface area contributed by atoms with Gasteiger partial charge in [-0.25, -0.2) is 9.37 Å². The van der Waals surface area contributed by atoms with Crippen molar-refractivity contribution >= 4 is 11.3 Å². The first-order chi connectivity index (χ1) is 11.1. The predicted octanol–water partition coefficient (Wildman–Crippen LogP) is 3.25. The first-order valence-electron chi connectivity index (χ1n) is 7.50. The maximum atomic E-state index is 13.2. The first kappa shape index (κ1) is 15.8. The van der Waals surface area contributed by atoms with E-state index in [0.29, 0.717) is 0 Å². The Balaban J connectivity index is 1.75. The largest absolute Gasteiger partial charge is 0.306 e. The number of thiazole rings is 1. The number of halogens is 1. The lowest BCUT2D eigenvalue weighted by Gasteiger charge is -2.18. The van der Waals surface area contributed by atoms with Crippen molar-refractivity contribution in [1.82, 2.24) is 20.1 Å². The summed E-state index contributed by atoms with van der Waals surface area (Å²) >= 11 is 1.68. The second kappa shape index (κ2) is 7.02. The maximum Gasteiger partial charge on any atom is 0.123 e. The van der Waals surface area contributed by atoms with Crippen molar-refractivity contribution in [3.05, 3.63) is 69.7 Å². The molecule has 6 heteroatoms. The molecule has 120 valence electrons. The molecule has 4 nitrogen and oxygen atoms in total. The Morgan fingerprint density at radius 3 is 2.65 bits per heavy atom. The summed E-state index contributed by atoms with van der Waals surface area (Å²) < 4.78 is 15.0. The van der Waals surface area contributed by atoms with Crippen LogP contribution in [0.25, 0.3) is 0 Å². The summed E-state index contributed by atoms with van der Waals surface area (Å²) in [6.07, 6.45) is 4.76. The van der Waals surface area contributed by atoms with E-state index in [9.17, 15) is 4.39 Å². The molecule has 0 aliphatic rings. The minimum atomic E-state index is -0.223. The first-order valence-corrected chi connectivity index (χ1v) is 8.38. The van der Waals surface area contributed by atoms with Crippen LogP contribution in [0.5, 0.6) is 0 Å². The summed E-state index contributed by atoms with van der Waals surface area (Å²) in [5.41, 5.74) is 5.07. The topological polar surface area (TPSA) is 42.7 Å². The third-order valence-electron chi connectivity index (χ3n) is 3.81. The van der Waals surface area contributed by atoms with E-state index in [2.05, 4.69) is 15.4 Å². The number of hydrogen-bond acceptors (Lipinski definition) is 4. The fourth-order valence-electron chi connectivity index (χ4n) is 2.57. The zero-order chi connectivity index (χ0) is 16.2. The lowest BCUT2D eigenvalue weighted by Crippen LogP contribution is -2.24. The standard InChI is InChI=1S/C17H19FN4S/c1-12-16(23-11-20-12)7-8-19-17(14-9-21-22(2)10-14)13-3-5-15(18)6-4-13/h3-6,9-11,17,19H,7-8H2,1-2H3. The Bertz CT molecular complexity index is 763. The highest BCUT2D eigenvalue weighted by Gasteiger charge is 2.15. The molecule has 0 radical (unpaired) electrons. The van der Waals surface area contributed by atoms with Gasteiger partial charge in [-0.2, -0.15) is 5.10 Å². The van der Waals surface area contributed by atoms with Gasteiger partial charge in [-0.3, -0.25) is 4.68 Å². The molecule has 23 heavy (non-hydrogen) atoms. The van der Waals surface area contributed by atoms with Crippen molar-refractivity contribution in [3.63, 3.8) is 0 Å². The van der Waals surface area contributed by atoms with E-state index in [1.807, 2.05) is 44.0 Å². The molecule has 3 rings (SSSR count). The van der Waals surface area contributed by atoms with E-state index in [0.717, 1.165) is 29.8 Å². The predicted molar refractivity (Wildman–Crippen MR) is 90.0 cm³/mol. The van der Waals surface area contributed by atoms with Crippen LogP contribution in [0.15, 0.2) is 42.2 Å². The Labute approximate surface area is 139 Å². The van der Waals surface area contributed by atoms with Crippen molar-refractivity contribution in [1.29, 1.82) is 0 Å². The van der Waals surface area contributed by atoms with E-state index < -0.39 is 0 Å². The van der Waals surface area contributed by atoms with Crippen LogP contribution in [0.3, 0.4) is 0 Å². The molecule has 0 spiro atoms. The average molecular weight is 330 g/mol. The third-order valence-corrected chi connectivity index (χ3v) is 4.80. The molecule has 0 bridgehead atoms. The Hall–Kier alpha value is -2.05.